The molecule has 3 N–H and O–H groups in total. The van der Waals surface area contributed by atoms with Gasteiger partial charge < -0.3 is 15.1 Å². The van der Waals surface area contributed by atoms with Gasteiger partial charge in [-0.2, -0.15) is 10.2 Å². The number of aliphatic imine (C=N–C) groups is 1. The minimum absolute atomic E-state index is 0. The van der Waals surface area contributed by atoms with E-state index in [1.807, 2.05) is 29.1 Å². The zero-order valence-electron chi connectivity index (χ0n) is 14.6. The van der Waals surface area contributed by atoms with Crippen LogP contribution in [0.3, 0.4) is 0 Å². The van der Waals surface area contributed by atoms with Gasteiger partial charge in [0.2, 0.25) is 5.82 Å². The highest BCUT2D eigenvalue weighted by molar-refractivity contribution is 14.0. The Morgan fingerprint density at radius 3 is 2.92 bits per heavy atom. The van der Waals surface area contributed by atoms with E-state index in [0.717, 1.165) is 31.3 Å². The number of rotatable bonds is 8. The standard InChI is InChI=1S/C16H22N8O.HI/c1-17-16(18-7-3-10-24-11-4-8-20-24)19-9-6-14-21-15(23-22-14)13-5-2-12-25-13;/h2,4-5,8,11-12H,3,6-7,9-10H2,1H3,(H2,17,18,19)(H,21,22,23);1H. The van der Waals surface area contributed by atoms with E-state index >= 15 is 0 Å². The van der Waals surface area contributed by atoms with E-state index in [9.17, 15) is 0 Å². The van der Waals surface area contributed by atoms with E-state index in [0.29, 0.717) is 24.6 Å². The number of halogens is 1. The van der Waals surface area contributed by atoms with Crippen LogP contribution < -0.4 is 10.6 Å². The third-order valence-electron chi connectivity index (χ3n) is 3.57. The van der Waals surface area contributed by atoms with Crippen LogP contribution in [0.4, 0.5) is 0 Å². The number of hydrogen-bond acceptors (Lipinski definition) is 5. The number of guanidine groups is 1. The average molecular weight is 470 g/mol. The van der Waals surface area contributed by atoms with Crippen LogP contribution in [-0.2, 0) is 13.0 Å². The lowest BCUT2D eigenvalue weighted by Crippen LogP contribution is -2.39. The van der Waals surface area contributed by atoms with Gasteiger partial charge >= 0.3 is 0 Å². The van der Waals surface area contributed by atoms with E-state index in [-0.39, 0.29) is 24.0 Å². The van der Waals surface area contributed by atoms with Gasteiger partial charge in [0.25, 0.3) is 0 Å². The number of nitrogens with zero attached hydrogens (tertiary/aromatic N) is 5. The van der Waals surface area contributed by atoms with Gasteiger partial charge in [-0.05, 0) is 24.6 Å². The van der Waals surface area contributed by atoms with Crippen LogP contribution in [0.5, 0.6) is 0 Å². The first-order valence-corrected chi connectivity index (χ1v) is 8.22. The highest BCUT2D eigenvalue weighted by Gasteiger charge is 2.08. The first-order chi connectivity index (χ1) is 12.3. The summed E-state index contributed by atoms with van der Waals surface area (Å²) in [6, 6.07) is 5.57. The number of nitrogens with one attached hydrogen (secondary N) is 3. The maximum absolute atomic E-state index is 5.28. The number of hydrogen-bond donors (Lipinski definition) is 3. The maximum Gasteiger partial charge on any atom is 0.216 e. The van der Waals surface area contributed by atoms with Crippen molar-refractivity contribution in [3.8, 4) is 11.6 Å². The Labute approximate surface area is 168 Å². The highest BCUT2D eigenvalue weighted by atomic mass is 127. The number of aromatic nitrogens is 5. The van der Waals surface area contributed by atoms with Crippen LogP contribution >= 0.6 is 24.0 Å². The lowest BCUT2D eigenvalue weighted by atomic mass is 10.4. The molecule has 3 aromatic heterocycles. The number of furan rings is 1. The Hall–Kier alpha value is -2.37. The molecule has 0 radical (unpaired) electrons. The lowest BCUT2D eigenvalue weighted by molar-refractivity contribution is 0.570. The predicted octanol–water partition coefficient (Wildman–Crippen LogP) is 1.68. The summed E-state index contributed by atoms with van der Waals surface area (Å²) in [5.74, 6) is 2.80. The molecule has 0 aliphatic carbocycles. The quantitative estimate of drug-likeness (QED) is 0.200. The van der Waals surface area contributed by atoms with Crippen molar-refractivity contribution in [2.24, 2.45) is 4.99 Å². The van der Waals surface area contributed by atoms with Crippen LogP contribution in [0.2, 0.25) is 0 Å². The molecule has 0 unspecified atom stereocenters. The first kappa shape index (κ1) is 19.9. The van der Waals surface area contributed by atoms with Gasteiger partial charge in [-0.15, -0.1) is 24.0 Å². The molecule has 0 aliphatic heterocycles. The molecular weight excluding hydrogens is 447 g/mol. The van der Waals surface area contributed by atoms with Crippen LogP contribution in [-0.4, -0.2) is 51.1 Å². The largest absolute Gasteiger partial charge is 0.461 e. The van der Waals surface area contributed by atoms with Gasteiger partial charge in [-0.1, -0.05) is 0 Å². The van der Waals surface area contributed by atoms with Gasteiger partial charge in [0.05, 0.1) is 6.26 Å². The number of aromatic amines is 1. The lowest BCUT2D eigenvalue weighted by Gasteiger charge is -2.11. The van der Waals surface area contributed by atoms with E-state index in [4.69, 9.17) is 4.42 Å². The molecule has 0 aromatic carbocycles. The fourth-order valence-corrected chi connectivity index (χ4v) is 2.32. The van der Waals surface area contributed by atoms with E-state index in [2.05, 4.69) is 35.9 Å². The minimum atomic E-state index is 0. The van der Waals surface area contributed by atoms with E-state index < -0.39 is 0 Å². The maximum atomic E-state index is 5.28. The Morgan fingerprint density at radius 2 is 2.19 bits per heavy atom. The van der Waals surface area contributed by atoms with Crippen molar-refractivity contribution in [3.05, 3.63) is 42.7 Å². The summed E-state index contributed by atoms with van der Waals surface area (Å²) >= 11 is 0. The Morgan fingerprint density at radius 1 is 1.31 bits per heavy atom. The van der Waals surface area contributed by atoms with E-state index in [1.165, 1.54) is 0 Å². The molecule has 0 atom stereocenters. The van der Waals surface area contributed by atoms with Crippen molar-refractivity contribution in [1.29, 1.82) is 0 Å². The summed E-state index contributed by atoms with van der Waals surface area (Å²) in [5.41, 5.74) is 0. The summed E-state index contributed by atoms with van der Waals surface area (Å²) in [7, 11) is 1.76. The second-order valence-electron chi connectivity index (χ2n) is 5.38. The topological polar surface area (TPSA) is 109 Å². The molecule has 0 bridgehead atoms. The smallest absolute Gasteiger partial charge is 0.216 e. The van der Waals surface area contributed by atoms with Gasteiger partial charge in [0.15, 0.2) is 11.7 Å². The van der Waals surface area contributed by atoms with E-state index in [1.54, 1.807) is 19.5 Å². The SMILES string of the molecule is CN=C(NCCCn1cccn1)NCCc1nc(-c2ccco2)n[nH]1.I. The van der Waals surface area contributed by atoms with Crippen molar-refractivity contribution in [2.75, 3.05) is 20.1 Å². The average Bonchev–Trinajstić information content (AvgIpc) is 3.39. The Balaban J connectivity index is 0.00000243. The minimum Gasteiger partial charge on any atom is -0.461 e. The summed E-state index contributed by atoms with van der Waals surface area (Å²) in [5, 5.41) is 17.8. The van der Waals surface area contributed by atoms with Crippen LogP contribution in [0, 0.1) is 0 Å². The molecule has 0 spiro atoms. The fourth-order valence-electron chi connectivity index (χ4n) is 2.32. The molecule has 0 amide bonds. The van der Waals surface area contributed by atoms with Gasteiger partial charge in [-0.3, -0.25) is 14.8 Å². The van der Waals surface area contributed by atoms with Crippen LogP contribution in [0.1, 0.15) is 12.2 Å². The molecule has 3 aromatic rings. The van der Waals surface area contributed by atoms with Gasteiger partial charge in [-0.25, -0.2) is 4.98 Å². The molecule has 0 saturated carbocycles. The molecular formula is C16H23IN8O. The van der Waals surface area contributed by atoms with Crippen molar-refractivity contribution in [3.63, 3.8) is 0 Å². The van der Waals surface area contributed by atoms with Gasteiger partial charge in [0.1, 0.15) is 5.82 Å². The zero-order chi connectivity index (χ0) is 17.3. The fraction of sp³-hybridized carbons (Fsp3) is 0.375. The third-order valence-corrected chi connectivity index (χ3v) is 3.57. The molecule has 140 valence electrons. The predicted molar refractivity (Wildman–Crippen MR) is 109 cm³/mol. The van der Waals surface area contributed by atoms with Crippen LogP contribution in [0.15, 0.2) is 46.3 Å². The summed E-state index contributed by atoms with van der Waals surface area (Å²) < 4.78 is 7.19. The van der Waals surface area contributed by atoms with Gasteiger partial charge in [0, 0.05) is 45.5 Å². The molecule has 0 aliphatic rings. The molecule has 26 heavy (non-hydrogen) atoms. The molecule has 3 heterocycles. The van der Waals surface area contributed by atoms with Crippen molar-refractivity contribution in [1.82, 2.24) is 35.6 Å². The molecule has 10 heteroatoms. The second kappa shape index (κ2) is 10.6. The molecule has 0 saturated heterocycles. The molecule has 0 fully saturated rings. The van der Waals surface area contributed by atoms with Crippen molar-refractivity contribution >= 4 is 29.9 Å². The zero-order valence-corrected chi connectivity index (χ0v) is 16.9. The summed E-state index contributed by atoms with van der Waals surface area (Å²) in [6.45, 7) is 2.40. The number of aryl methyl sites for hydroxylation is 1. The normalized spacial score (nSPS) is 11.2. The third kappa shape index (κ3) is 5.86. The van der Waals surface area contributed by atoms with Crippen LogP contribution in [0.25, 0.3) is 11.6 Å². The number of H-pyrrole nitrogens is 1. The molecule has 9 nitrogen and oxygen atoms in total. The first-order valence-electron chi connectivity index (χ1n) is 8.22. The Kier molecular flexibility index (Phi) is 8.12. The second-order valence-corrected chi connectivity index (χ2v) is 5.38. The summed E-state index contributed by atoms with van der Waals surface area (Å²) in [6.07, 6.45) is 7.03. The summed E-state index contributed by atoms with van der Waals surface area (Å²) in [4.78, 5) is 8.62. The van der Waals surface area contributed by atoms with Crippen molar-refractivity contribution < 1.29 is 4.42 Å². The monoisotopic (exact) mass is 470 g/mol. The molecule has 3 rings (SSSR count). The Bertz CT molecular complexity index is 766. The highest BCUT2D eigenvalue weighted by Crippen LogP contribution is 2.14. The van der Waals surface area contributed by atoms with Crippen molar-refractivity contribution in [2.45, 2.75) is 19.4 Å².